The van der Waals surface area contributed by atoms with Crippen LogP contribution in [0.1, 0.15) is 38.8 Å². The van der Waals surface area contributed by atoms with Crippen molar-refractivity contribution in [3.63, 3.8) is 0 Å². The lowest BCUT2D eigenvalue weighted by molar-refractivity contribution is -0.955. The quantitative estimate of drug-likeness (QED) is 0.717. The van der Waals surface area contributed by atoms with Gasteiger partial charge < -0.3 is 10.3 Å². The van der Waals surface area contributed by atoms with Crippen molar-refractivity contribution in [2.75, 3.05) is 0 Å². The molecule has 0 radical (unpaired) electrons. The predicted molar refractivity (Wildman–Crippen MR) is 72.2 cm³/mol. The Balaban J connectivity index is 2.85. The summed E-state index contributed by atoms with van der Waals surface area (Å²) < 4.78 is 2.05. The molecule has 0 saturated carbocycles. The van der Waals surface area contributed by atoms with Gasteiger partial charge >= 0.3 is 0 Å². The maximum absolute atomic E-state index is 12.5. The third kappa shape index (κ3) is 1.43. The third-order valence-corrected chi connectivity index (χ3v) is 4.81. The van der Waals surface area contributed by atoms with Crippen LogP contribution < -0.4 is 5.06 Å². The lowest BCUT2D eigenvalue weighted by Crippen LogP contribution is -3.17. The third-order valence-electron chi connectivity index (χ3n) is 3.49. The van der Waals surface area contributed by atoms with Gasteiger partial charge in [-0.1, -0.05) is 31.9 Å². The molecule has 1 aromatic carbocycles. The van der Waals surface area contributed by atoms with Crippen molar-refractivity contribution >= 4 is 31.9 Å². The maximum Gasteiger partial charge on any atom is 0.120 e. The topological polar surface area (TPSA) is 27.5 Å². The Hall–Kier alpha value is 0.1000. The Labute approximate surface area is 113 Å². The molecule has 1 aliphatic heterocycles. The molecule has 88 valence electrons. The van der Waals surface area contributed by atoms with Gasteiger partial charge in [0.05, 0.1) is 0 Å². The first-order chi connectivity index (χ1) is 7.20. The van der Waals surface area contributed by atoms with Crippen LogP contribution in [-0.2, 0) is 11.1 Å². The highest BCUT2D eigenvalue weighted by atomic mass is 79.9. The molecule has 1 heterocycles. The summed E-state index contributed by atoms with van der Waals surface area (Å²) in [5.41, 5.74) is 1.41. The van der Waals surface area contributed by atoms with Crippen molar-refractivity contribution in [2.45, 2.75) is 38.8 Å². The maximum atomic E-state index is 12.5. The van der Waals surface area contributed by atoms with Crippen LogP contribution in [0.25, 0.3) is 0 Å². The van der Waals surface area contributed by atoms with Crippen LogP contribution in [0.4, 0.5) is 0 Å². The zero-order chi connectivity index (χ0) is 12.3. The number of nitrogens with one attached hydrogen (secondary N) is 1. The van der Waals surface area contributed by atoms with E-state index < -0.39 is 11.1 Å². The SMILES string of the molecule is CC1(C)c2c(Br)ccc(Br)c2C(C)(C)[NH+]1[O-]. The standard InChI is InChI=1S/C12H15Br2NO/c1-11(2)9-7(13)5-6-8(14)10(9)12(3,4)15(11)16/h5-6,15H,1-4H3. The van der Waals surface area contributed by atoms with Gasteiger partial charge in [-0.15, -0.1) is 0 Å². The Bertz CT molecular complexity index is 414. The van der Waals surface area contributed by atoms with E-state index >= 15 is 0 Å². The molecule has 1 aliphatic rings. The molecule has 4 heteroatoms. The molecule has 0 bridgehead atoms. The first-order valence-corrected chi connectivity index (χ1v) is 6.83. The summed E-state index contributed by atoms with van der Waals surface area (Å²) >= 11 is 7.13. The normalized spacial score (nSPS) is 22.2. The molecule has 1 N–H and O–H groups in total. The minimum absolute atomic E-state index is 0.280. The zero-order valence-electron chi connectivity index (χ0n) is 9.82. The summed E-state index contributed by atoms with van der Waals surface area (Å²) in [6.45, 7) is 8.00. The number of fused-ring (bicyclic) bond motifs is 1. The van der Waals surface area contributed by atoms with E-state index in [1.165, 1.54) is 0 Å². The van der Waals surface area contributed by atoms with Crippen LogP contribution in [0.5, 0.6) is 0 Å². The van der Waals surface area contributed by atoms with Gasteiger partial charge in [0.15, 0.2) is 0 Å². The number of hydroxylamine groups is 2. The van der Waals surface area contributed by atoms with Gasteiger partial charge in [0.25, 0.3) is 0 Å². The molecule has 0 spiro atoms. The van der Waals surface area contributed by atoms with E-state index in [4.69, 9.17) is 0 Å². The zero-order valence-corrected chi connectivity index (χ0v) is 13.0. The first-order valence-electron chi connectivity index (χ1n) is 5.24. The number of hydrogen-bond acceptors (Lipinski definition) is 1. The number of benzene rings is 1. The van der Waals surface area contributed by atoms with Crippen LogP contribution in [0.3, 0.4) is 0 Å². The summed E-state index contributed by atoms with van der Waals surface area (Å²) in [6.07, 6.45) is 0. The van der Waals surface area contributed by atoms with Crippen LogP contribution in [0, 0.1) is 5.21 Å². The average molecular weight is 349 g/mol. The molecule has 1 aromatic rings. The summed E-state index contributed by atoms with van der Waals surface area (Å²) in [4.78, 5) is 0. The van der Waals surface area contributed by atoms with Gasteiger partial charge in [0.2, 0.25) is 0 Å². The molecule has 0 aromatic heterocycles. The van der Waals surface area contributed by atoms with Crippen molar-refractivity contribution in [2.24, 2.45) is 0 Å². The summed E-state index contributed by atoms with van der Waals surface area (Å²) in [6, 6.07) is 4.00. The molecule has 0 aliphatic carbocycles. The Kier molecular flexibility index (Phi) is 2.78. The molecule has 2 nitrogen and oxygen atoms in total. The van der Waals surface area contributed by atoms with Crippen molar-refractivity contribution in [3.8, 4) is 0 Å². The highest BCUT2D eigenvalue weighted by Gasteiger charge is 2.51. The molecular formula is C12H15Br2NO. The highest BCUT2D eigenvalue weighted by molar-refractivity contribution is 9.11. The number of hydrogen-bond donors (Lipinski definition) is 1. The van der Waals surface area contributed by atoms with Gasteiger partial charge in [-0.3, -0.25) is 0 Å². The van der Waals surface area contributed by atoms with E-state index in [-0.39, 0.29) is 5.06 Å². The second kappa shape index (κ2) is 3.55. The fraction of sp³-hybridized carbons (Fsp3) is 0.500. The average Bonchev–Trinajstić information content (AvgIpc) is 2.32. The first kappa shape index (κ1) is 12.6. The lowest BCUT2D eigenvalue weighted by atomic mass is 9.91. The Morgan fingerprint density at radius 1 is 0.938 bits per heavy atom. The van der Waals surface area contributed by atoms with Crippen LogP contribution in [0.15, 0.2) is 21.1 Å². The van der Waals surface area contributed by atoms with E-state index in [9.17, 15) is 5.21 Å². The van der Waals surface area contributed by atoms with Crippen LogP contribution in [-0.4, -0.2) is 0 Å². The van der Waals surface area contributed by atoms with Crippen LogP contribution in [0.2, 0.25) is 0 Å². The highest BCUT2D eigenvalue weighted by Crippen LogP contribution is 2.43. The van der Waals surface area contributed by atoms with Gasteiger partial charge in [-0.25, -0.2) is 0 Å². The van der Waals surface area contributed by atoms with Crippen LogP contribution >= 0.6 is 31.9 Å². The van der Waals surface area contributed by atoms with Gasteiger partial charge in [-0.05, 0) is 39.8 Å². The monoisotopic (exact) mass is 347 g/mol. The second-order valence-electron chi connectivity index (χ2n) is 5.36. The van der Waals surface area contributed by atoms with Crippen molar-refractivity contribution in [1.29, 1.82) is 0 Å². The molecule has 0 amide bonds. The van der Waals surface area contributed by atoms with Gasteiger partial charge in [-0.2, -0.15) is 0 Å². The minimum atomic E-state index is -0.415. The van der Waals surface area contributed by atoms with Gasteiger partial charge in [0.1, 0.15) is 11.1 Å². The van der Waals surface area contributed by atoms with Crippen molar-refractivity contribution < 1.29 is 5.06 Å². The van der Waals surface area contributed by atoms with E-state index in [0.717, 1.165) is 20.1 Å². The molecular weight excluding hydrogens is 334 g/mol. The minimum Gasteiger partial charge on any atom is -0.633 e. The van der Waals surface area contributed by atoms with Gasteiger partial charge in [0, 0.05) is 20.1 Å². The van der Waals surface area contributed by atoms with E-state index in [2.05, 4.69) is 31.9 Å². The summed E-state index contributed by atoms with van der Waals surface area (Å²) in [5.74, 6) is 0. The Morgan fingerprint density at radius 2 is 1.25 bits per heavy atom. The Morgan fingerprint density at radius 3 is 1.56 bits per heavy atom. The largest absolute Gasteiger partial charge is 0.633 e. The smallest absolute Gasteiger partial charge is 0.120 e. The number of halogens is 2. The summed E-state index contributed by atoms with van der Waals surface area (Å²) in [7, 11) is 0. The van der Waals surface area contributed by atoms with Crippen molar-refractivity contribution in [1.82, 2.24) is 0 Å². The fourth-order valence-electron chi connectivity index (χ4n) is 2.78. The lowest BCUT2D eigenvalue weighted by Gasteiger charge is -2.40. The van der Waals surface area contributed by atoms with E-state index in [1.807, 2.05) is 39.8 Å². The number of quaternary nitrogens is 1. The van der Waals surface area contributed by atoms with E-state index in [0.29, 0.717) is 0 Å². The molecule has 2 rings (SSSR count). The molecule has 16 heavy (non-hydrogen) atoms. The predicted octanol–water partition coefficient (Wildman–Crippen LogP) is 3.08. The van der Waals surface area contributed by atoms with E-state index in [1.54, 1.807) is 0 Å². The summed E-state index contributed by atoms with van der Waals surface area (Å²) in [5, 5.41) is 12.7. The fourth-order valence-corrected chi connectivity index (χ4v) is 4.43. The molecule has 0 atom stereocenters. The van der Waals surface area contributed by atoms with Crippen molar-refractivity contribution in [3.05, 3.63) is 37.4 Å². The molecule has 0 unspecified atom stereocenters. The molecule has 0 saturated heterocycles. The second-order valence-corrected chi connectivity index (χ2v) is 7.07. The molecule has 0 fully saturated rings. The number of rotatable bonds is 0.